The van der Waals surface area contributed by atoms with Crippen LogP contribution in [0.15, 0.2) is 78.2 Å². The van der Waals surface area contributed by atoms with Gasteiger partial charge in [0, 0.05) is 12.4 Å². The maximum atomic E-state index is 11.9. The van der Waals surface area contributed by atoms with E-state index >= 15 is 0 Å². The minimum Gasteiger partial charge on any atom is -0.489 e. The molecule has 0 aliphatic rings. The molecule has 0 spiro atoms. The minimum atomic E-state index is -0.375. The van der Waals surface area contributed by atoms with Crippen molar-refractivity contribution < 1.29 is 19.1 Å². The van der Waals surface area contributed by atoms with Crippen LogP contribution in [0.1, 0.15) is 31.8 Å². The lowest BCUT2D eigenvalue weighted by Crippen LogP contribution is -2.17. The molecule has 0 aliphatic carbocycles. The van der Waals surface area contributed by atoms with E-state index in [0.29, 0.717) is 23.5 Å². The molecule has 7 heteroatoms. The van der Waals surface area contributed by atoms with E-state index in [0.717, 1.165) is 11.1 Å². The lowest BCUT2D eigenvalue weighted by atomic mass is 10.1. The highest BCUT2D eigenvalue weighted by Crippen LogP contribution is 2.15. The zero-order chi connectivity index (χ0) is 20.5. The normalized spacial score (nSPS) is 10.5. The molecule has 1 heterocycles. The number of nitrogens with one attached hydrogen (secondary N) is 1. The highest BCUT2D eigenvalue weighted by atomic mass is 16.5. The second-order valence-electron chi connectivity index (χ2n) is 5.99. The summed E-state index contributed by atoms with van der Waals surface area (Å²) in [5.74, 6) is -0.0539. The van der Waals surface area contributed by atoms with Crippen LogP contribution in [0.4, 0.5) is 0 Å². The second kappa shape index (κ2) is 9.80. The van der Waals surface area contributed by atoms with Gasteiger partial charge in [-0.2, -0.15) is 5.10 Å². The Kier molecular flexibility index (Phi) is 6.67. The first-order valence-electron chi connectivity index (χ1n) is 8.79. The zero-order valence-electron chi connectivity index (χ0n) is 15.7. The molecule has 29 heavy (non-hydrogen) atoms. The zero-order valence-corrected chi connectivity index (χ0v) is 15.7. The van der Waals surface area contributed by atoms with Crippen LogP contribution < -0.4 is 10.2 Å². The van der Waals surface area contributed by atoms with Gasteiger partial charge in [-0.05, 0) is 47.5 Å². The van der Waals surface area contributed by atoms with E-state index in [4.69, 9.17) is 4.74 Å². The van der Waals surface area contributed by atoms with Gasteiger partial charge in [0.2, 0.25) is 0 Å². The van der Waals surface area contributed by atoms with Crippen LogP contribution in [-0.2, 0) is 11.3 Å². The molecule has 0 saturated heterocycles. The molecule has 0 aliphatic heterocycles. The Labute approximate surface area is 168 Å². The third-order valence-electron chi connectivity index (χ3n) is 3.94. The Hall–Kier alpha value is -4.00. The summed E-state index contributed by atoms with van der Waals surface area (Å²) in [5, 5.41) is 3.96. The maximum absolute atomic E-state index is 11.9. The Morgan fingerprint density at radius 2 is 1.90 bits per heavy atom. The molecule has 0 atom stereocenters. The predicted octanol–water partition coefficient (Wildman–Crippen LogP) is 3.21. The van der Waals surface area contributed by atoms with Crippen LogP contribution in [0, 0.1) is 0 Å². The van der Waals surface area contributed by atoms with Crippen molar-refractivity contribution in [1.82, 2.24) is 10.4 Å². The van der Waals surface area contributed by atoms with Gasteiger partial charge >= 0.3 is 5.97 Å². The standard InChI is InChI=1S/C22H19N3O4/c1-28-22(27)18-9-7-16(8-10-18)15-29-20-6-2-4-17(12-20)13-24-25-21(26)19-5-3-11-23-14-19/h2-14H,15H2,1H3,(H,25,26). The predicted molar refractivity (Wildman–Crippen MR) is 108 cm³/mol. The second-order valence-corrected chi connectivity index (χ2v) is 5.99. The number of methoxy groups -OCH3 is 1. The fraction of sp³-hybridized carbons (Fsp3) is 0.0909. The van der Waals surface area contributed by atoms with Gasteiger partial charge in [0.25, 0.3) is 5.91 Å². The van der Waals surface area contributed by atoms with Crippen molar-refractivity contribution in [1.29, 1.82) is 0 Å². The van der Waals surface area contributed by atoms with Crippen molar-refractivity contribution in [2.45, 2.75) is 6.61 Å². The lowest BCUT2D eigenvalue weighted by molar-refractivity contribution is 0.0600. The summed E-state index contributed by atoms with van der Waals surface area (Å²) >= 11 is 0. The van der Waals surface area contributed by atoms with Crippen LogP contribution in [-0.4, -0.2) is 30.2 Å². The van der Waals surface area contributed by atoms with E-state index in [2.05, 4.69) is 20.2 Å². The maximum Gasteiger partial charge on any atom is 0.337 e. The van der Waals surface area contributed by atoms with Crippen molar-refractivity contribution in [3.8, 4) is 5.75 Å². The van der Waals surface area contributed by atoms with Crippen molar-refractivity contribution in [2.75, 3.05) is 7.11 Å². The highest BCUT2D eigenvalue weighted by Gasteiger charge is 2.05. The number of pyridine rings is 1. The number of hydrogen-bond donors (Lipinski definition) is 1. The van der Waals surface area contributed by atoms with E-state index in [9.17, 15) is 9.59 Å². The molecule has 3 aromatic rings. The Morgan fingerprint density at radius 1 is 1.07 bits per heavy atom. The van der Waals surface area contributed by atoms with Crippen LogP contribution >= 0.6 is 0 Å². The molecule has 1 N–H and O–H groups in total. The van der Waals surface area contributed by atoms with Gasteiger partial charge in [-0.3, -0.25) is 9.78 Å². The fourth-order valence-corrected chi connectivity index (χ4v) is 2.43. The largest absolute Gasteiger partial charge is 0.489 e. The minimum absolute atomic E-state index is 0.336. The summed E-state index contributed by atoms with van der Waals surface area (Å²) in [6, 6.07) is 17.7. The van der Waals surface area contributed by atoms with Crippen LogP contribution in [0.2, 0.25) is 0 Å². The van der Waals surface area contributed by atoms with E-state index in [-0.39, 0.29) is 11.9 Å². The molecule has 1 aromatic heterocycles. The third kappa shape index (κ3) is 5.74. The number of nitrogens with zero attached hydrogens (tertiary/aromatic N) is 2. The van der Waals surface area contributed by atoms with Crippen molar-refractivity contribution >= 4 is 18.1 Å². The number of benzene rings is 2. The van der Waals surface area contributed by atoms with Crippen molar-refractivity contribution in [3.63, 3.8) is 0 Å². The number of amides is 1. The quantitative estimate of drug-likeness (QED) is 0.381. The molecule has 0 radical (unpaired) electrons. The van der Waals surface area contributed by atoms with Gasteiger partial charge in [0.15, 0.2) is 0 Å². The summed E-state index contributed by atoms with van der Waals surface area (Å²) < 4.78 is 10.5. The van der Waals surface area contributed by atoms with E-state index in [1.54, 1.807) is 30.5 Å². The molecule has 146 valence electrons. The summed E-state index contributed by atoms with van der Waals surface area (Å²) in [4.78, 5) is 27.3. The third-order valence-corrected chi connectivity index (χ3v) is 3.94. The fourth-order valence-electron chi connectivity index (χ4n) is 2.43. The van der Waals surface area contributed by atoms with Gasteiger partial charge in [0.05, 0.1) is 24.5 Å². The molecular weight excluding hydrogens is 370 g/mol. The van der Waals surface area contributed by atoms with Crippen LogP contribution in [0.3, 0.4) is 0 Å². The molecular formula is C22H19N3O4. The molecule has 1 amide bonds. The van der Waals surface area contributed by atoms with E-state index in [1.807, 2.05) is 36.4 Å². The number of hydrazone groups is 1. The summed E-state index contributed by atoms with van der Waals surface area (Å²) in [7, 11) is 1.35. The average molecular weight is 389 g/mol. The number of hydrogen-bond acceptors (Lipinski definition) is 6. The molecule has 0 unspecified atom stereocenters. The molecule has 0 fully saturated rings. The number of esters is 1. The summed E-state index contributed by atoms with van der Waals surface area (Å²) in [6.45, 7) is 0.347. The van der Waals surface area contributed by atoms with Crippen LogP contribution in [0.25, 0.3) is 0 Å². The van der Waals surface area contributed by atoms with Gasteiger partial charge in [-0.15, -0.1) is 0 Å². The number of carbonyl (C=O) groups is 2. The number of carbonyl (C=O) groups excluding carboxylic acids is 2. The summed E-state index contributed by atoms with van der Waals surface area (Å²) in [5.41, 5.74) is 5.07. The Morgan fingerprint density at radius 3 is 2.62 bits per heavy atom. The SMILES string of the molecule is COC(=O)c1ccc(COc2cccc(C=NNC(=O)c3cccnc3)c2)cc1. The molecule has 3 rings (SSSR count). The van der Waals surface area contributed by atoms with Gasteiger partial charge in [-0.1, -0.05) is 24.3 Å². The van der Waals surface area contributed by atoms with Gasteiger partial charge in [-0.25, -0.2) is 10.2 Å². The van der Waals surface area contributed by atoms with Gasteiger partial charge < -0.3 is 9.47 Å². The first-order chi connectivity index (χ1) is 14.2. The monoisotopic (exact) mass is 389 g/mol. The van der Waals surface area contributed by atoms with E-state index < -0.39 is 0 Å². The molecule has 2 aromatic carbocycles. The van der Waals surface area contributed by atoms with E-state index in [1.165, 1.54) is 19.5 Å². The number of ether oxygens (including phenoxy) is 2. The van der Waals surface area contributed by atoms with Gasteiger partial charge in [0.1, 0.15) is 12.4 Å². The number of aromatic nitrogens is 1. The Bertz CT molecular complexity index is 1000. The number of rotatable bonds is 7. The topological polar surface area (TPSA) is 89.9 Å². The summed E-state index contributed by atoms with van der Waals surface area (Å²) in [6.07, 6.45) is 4.60. The van der Waals surface area contributed by atoms with Crippen LogP contribution in [0.5, 0.6) is 5.75 Å². The average Bonchev–Trinajstić information content (AvgIpc) is 2.78. The molecule has 0 saturated carbocycles. The van der Waals surface area contributed by atoms with Crippen molar-refractivity contribution in [3.05, 3.63) is 95.3 Å². The smallest absolute Gasteiger partial charge is 0.337 e. The first-order valence-corrected chi connectivity index (χ1v) is 8.79. The van der Waals surface area contributed by atoms with Crippen molar-refractivity contribution in [2.24, 2.45) is 5.10 Å². The first kappa shape index (κ1) is 19.8. The molecule has 0 bridgehead atoms. The molecule has 7 nitrogen and oxygen atoms in total. The lowest BCUT2D eigenvalue weighted by Gasteiger charge is -2.07. The Balaban J connectivity index is 1.55. The highest BCUT2D eigenvalue weighted by molar-refractivity contribution is 5.94.